The van der Waals surface area contributed by atoms with Crippen molar-refractivity contribution in [2.75, 3.05) is 4.90 Å². The number of carbonyl (C=O) groups excluding carboxylic acids is 2. The van der Waals surface area contributed by atoms with E-state index in [1.54, 1.807) is 30.3 Å². The van der Waals surface area contributed by atoms with Crippen LogP contribution in [0.4, 0.5) is 10.5 Å². The van der Waals surface area contributed by atoms with Crippen LogP contribution in [0.25, 0.3) is 16.8 Å². The fourth-order valence-corrected chi connectivity index (χ4v) is 4.73. The third-order valence-electron chi connectivity index (χ3n) is 5.36. The van der Waals surface area contributed by atoms with Gasteiger partial charge in [-0.05, 0) is 52.9 Å². The van der Waals surface area contributed by atoms with Crippen molar-refractivity contribution in [2.45, 2.75) is 6.61 Å². The summed E-state index contributed by atoms with van der Waals surface area (Å²) in [6.07, 6.45) is 1.75. The summed E-state index contributed by atoms with van der Waals surface area (Å²) in [5, 5.41) is 2.25. The molecule has 4 nitrogen and oxygen atoms in total. The van der Waals surface area contributed by atoms with Crippen LogP contribution in [0.5, 0.6) is 5.75 Å². The zero-order valence-electron chi connectivity index (χ0n) is 17.4. The number of halogens is 1. The van der Waals surface area contributed by atoms with Crippen molar-refractivity contribution in [3.05, 3.63) is 112 Å². The zero-order valence-corrected chi connectivity index (χ0v) is 19.0. The zero-order chi connectivity index (χ0) is 22.8. The van der Waals surface area contributed by atoms with Gasteiger partial charge in [-0.3, -0.25) is 9.59 Å². The highest BCUT2D eigenvalue weighted by atomic mass is 35.5. The summed E-state index contributed by atoms with van der Waals surface area (Å²) in [4.78, 5) is 27.4. The number of carbonyl (C=O) groups is 2. The van der Waals surface area contributed by atoms with Gasteiger partial charge >= 0.3 is 0 Å². The van der Waals surface area contributed by atoms with Gasteiger partial charge in [0.1, 0.15) is 12.4 Å². The van der Waals surface area contributed by atoms with E-state index in [0.29, 0.717) is 21.4 Å². The molecule has 0 aliphatic carbocycles. The molecule has 4 aromatic carbocycles. The number of rotatable bonds is 5. The van der Waals surface area contributed by atoms with Crippen molar-refractivity contribution in [1.29, 1.82) is 0 Å². The van der Waals surface area contributed by atoms with Crippen LogP contribution in [-0.2, 0) is 11.4 Å². The van der Waals surface area contributed by atoms with E-state index in [1.807, 2.05) is 66.7 Å². The van der Waals surface area contributed by atoms with E-state index in [9.17, 15) is 9.59 Å². The van der Waals surface area contributed by atoms with E-state index in [4.69, 9.17) is 16.3 Å². The molecule has 0 saturated carbocycles. The van der Waals surface area contributed by atoms with Crippen molar-refractivity contribution in [2.24, 2.45) is 0 Å². The van der Waals surface area contributed by atoms with Gasteiger partial charge in [0.15, 0.2) is 0 Å². The highest BCUT2D eigenvalue weighted by Gasteiger charge is 2.36. The van der Waals surface area contributed by atoms with Crippen molar-refractivity contribution >= 4 is 57.0 Å². The molecule has 0 radical (unpaired) electrons. The number of anilines is 1. The smallest absolute Gasteiger partial charge is 0.298 e. The highest BCUT2D eigenvalue weighted by Crippen LogP contribution is 2.39. The molecule has 4 aromatic rings. The summed E-state index contributed by atoms with van der Waals surface area (Å²) in [6.45, 7) is 0.282. The number of hydrogen-bond acceptors (Lipinski definition) is 4. The Hall–Kier alpha value is -3.54. The van der Waals surface area contributed by atoms with E-state index < -0.39 is 0 Å². The van der Waals surface area contributed by atoms with Crippen LogP contribution >= 0.6 is 23.4 Å². The van der Waals surface area contributed by atoms with Gasteiger partial charge in [0, 0.05) is 16.1 Å². The average Bonchev–Trinajstić information content (AvgIpc) is 3.12. The highest BCUT2D eigenvalue weighted by molar-refractivity contribution is 8.19. The molecule has 1 heterocycles. The van der Waals surface area contributed by atoms with Gasteiger partial charge in [0.05, 0.1) is 10.6 Å². The van der Waals surface area contributed by atoms with Gasteiger partial charge in [-0.25, -0.2) is 4.90 Å². The summed E-state index contributed by atoms with van der Waals surface area (Å²) < 4.78 is 6.15. The summed E-state index contributed by atoms with van der Waals surface area (Å²) in [6, 6.07) is 28.2. The molecule has 1 aliphatic heterocycles. The first-order chi connectivity index (χ1) is 16.1. The number of imide groups is 1. The molecule has 5 rings (SSSR count). The summed E-state index contributed by atoms with van der Waals surface area (Å²) in [5.41, 5.74) is 2.16. The Kier molecular flexibility index (Phi) is 5.90. The minimum atomic E-state index is -0.346. The lowest BCUT2D eigenvalue weighted by Gasteiger charge is -2.14. The van der Waals surface area contributed by atoms with Gasteiger partial charge in [0.2, 0.25) is 0 Å². The predicted octanol–water partition coefficient (Wildman–Crippen LogP) is 7.31. The molecule has 1 fully saturated rings. The van der Waals surface area contributed by atoms with E-state index in [1.165, 1.54) is 4.90 Å². The number of nitrogens with zero attached hydrogens (tertiary/aromatic N) is 1. The molecule has 0 atom stereocenters. The molecule has 0 bridgehead atoms. The lowest BCUT2D eigenvalue weighted by atomic mass is 10.0. The van der Waals surface area contributed by atoms with Crippen molar-refractivity contribution < 1.29 is 14.3 Å². The maximum absolute atomic E-state index is 13.1. The number of benzene rings is 4. The molecule has 0 N–H and O–H groups in total. The van der Waals surface area contributed by atoms with Gasteiger partial charge in [-0.15, -0.1) is 0 Å². The molecule has 1 aliphatic rings. The van der Waals surface area contributed by atoms with Gasteiger partial charge in [-0.1, -0.05) is 78.3 Å². The minimum Gasteiger partial charge on any atom is -0.488 e. The maximum Gasteiger partial charge on any atom is 0.298 e. The second-order valence-electron chi connectivity index (χ2n) is 7.43. The Morgan fingerprint density at radius 2 is 1.58 bits per heavy atom. The van der Waals surface area contributed by atoms with Gasteiger partial charge in [-0.2, -0.15) is 0 Å². The Bertz CT molecular complexity index is 1400. The molecule has 1 saturated heterocycles. The molecule has 0 aromatic heterocycles. The summed E-state index contributed by atoms with van der Waals surface area (Å²) in [5.74, 6) is 0.265. The standard InChI is InChI=1S/C27H18ClNO3S/c28-23-13-7-5-9-19(23)17-32-24-15-14-18-8-4-6-12-21(18)22(24)16-25-26(30)29(27(31)33-25)20-10-2-1-3-11-20/h1-16H,17H2/b25-16+. The second kappa shape index (κ2) is 9.14. The van der Waals surface area contributed by atoms with E-state index in [2.05, 4.69) is 0 Å². The third-order valence-corrected chi connectivity index (χ3v) is 6.59. The van der Waals surface area contributed by atoms with E-state index >= 15 is 0 Å². The number of hydrogen-bond donors (Lipinski definition) is 0. The van der Waals surface area contributed by atoms with E-state index in [-0.39, 0.29) is 17.8 Å². The lowest BCUT2D eigenvalue weighted by molar-refractivity contribution is -0.113. The Labute approximate surface area is 200 Å². The minimum absolute atomic E-state index is 0.282. The Morgan fingerprint density at radius 3 is 2.39 bits per heavy atom. The molecule has 0 unspecified atom stereocenters. The molecule has 162 valence electrons. The summed E-state index contributed by atoms with van der Waals surface area (Å²) >= 11 is 7.22. The number of para-hydroxylation sites is 1. The van der Waals surface area contributed by atoms with Crippen LogP contribution in [0.1, 0.15) is 11.1 Å². The van der Waals surface area contributed by atoms with E-state index in [0.717, 1.165) is 33.7 Å². The fourth-order valence-electron chi connectivity index (χ4n) is 3.72. The Morgan fingerprint density at radius 1 is 0.848 bits per heavy atom. The molecule has 33 heavy (non-hydrogen) atoms. The van der Waals surface area contributed by atoms with Gasteiger partial charge < -0.3 is 4.74 Å². The first kappa shape index (κ1) is 21.3. The van der Waals surface area contributed by atoms with Crippen LogP contribution in [0, 0.1) is 0 Å². The lowest BCUT2D eigenvalue weighted by Crippen LogP contribution is -2.27. The SMILES string of the molecule is O=C1S/C(=C/c2c(OCc3ccccc3Cl)ccc3ccccc23)C(=O)N1c1ccccc1. The monoisotopic (exact) mass is 471 g/mol. The van der Waals surface area contributed by atoms with Gasteiger partial charge in [0.25, 0.3) is 11.1 Å². The van der Waals surface area contributed by atoms with Crippen LogP contribution in [0.3, 0.4) is 0 Å². The van der Waals surface area contributed by atoms with Crippen LogP contribution < -0.4 is 9.64 Å². The number of ether oxygens (including phenoxy) is 1. The maximum atomic E-state index is 13.1. The molecule has 0 spiro atoms. The number of amides is 2. The quantitative estimate of drug-likeness (QED) is 0.286. The predicted molar refractivity (Wildman–Crippen MR) is 135 cm³/mol. The first-order valence-electron chi connectivity index (χ1n) is 10.3. The largest absolute Gasteiger partial charge is 0.488 e. The number of fused-ring (bicyclic) bond motifs is 1. The first-order valence-corrected chi connectivity index (χ1v) is 11.5. The second-order valence-corrected chi connectivity index (χ2v) is 8.83. The fraction of sp³-hybridized carbons (Fsp3) is 0.0370. The normalized spacial score (nSPS) is 14.9. The van der Waals surface area contributed by atoms with Crippen LogP contribution in [-0.4, -0.2) is 11.1 Å². The van der Waals surface area contributed by atoms with Crippen molar-refractivity contribution in [3.63, 3.8) is 0 Å². The van der Waals surface area contributed by atoms with Crippen LogP contribution in [0.15, 0.2) is 95.9 Å². The third kappa shape index (κ3) is 4.25. The van der Waals surface area contributed by atoms with Crippen molar-refractivity contribution in [1.82, 2.24) is 0 Å². The average molecular weight is 472 g/mol. The molecule has 6 heteroatoms. The molecular weight excluding hydrogens is 454 g/mol. The number of thioether (sulfide) groups is 1. The topological polar surface area (TPSA) is 46.6 Å². The van der Waals surface area contributed by atoms with Crippen molar-refractivity contribution in [3.8, 4) is 5.75 Å². The summed E-state index contributed by atoms with van der Waals surface area (Å²) in [7, 11) is 0. The molecular formula is C27H18ClNO3S. The van der Waals surface area contributed by atoms with Crippen LogP contribution in [0.2, 0.25) is 5.02 Å². The Balaban J connectivity index is 1.55. The molecule has 2 amide bonds.